The Hall–Kier alpha value is -1.44. The normalized spacial score (nSPS) is 14.2. The molecule has 0 bridgehead atoms. The Kier molecular flexibility index (Phi) is 3.51. The maximum atomic E-state index is 11.7. The standard InChI is InChI=1S/C14H14O5S2/c1-18-12-5-8-3-9-6-20-7-10(9)4-11(8)13(19-2)14(12)21(15,16)17/h3-5H,6-7H2,1-2H3,(H,15,16,17). The van der Waals surface area contributed by atoms with Crippen LogP contribution in [0.3, 0.4) is 0 Å². The molecule has 1 N–H and O–H groups in total. The molecule has 1 aliphatic heterocycles. The van der Waals surface area contributed by atoms with E-state index in [1.807, 2.05) is 12.1 Å². The van der Waals surface area contributed by atoms with Crippen molar-refractivity contribution in [2.45, 2.75) is 16.4 Å². The fourth-order valence-corrected chi connectivity index (χ4v) is 4.51. The van der Waals surface area contributed by atoms with E-state index < -0.39 is 10.1 Å². The summed E-state index contributed by atoms with van der Waals surface area (Å²) < 4.78 is 43.2. The third-order valence-corrected chi connectivity index (χ3v) is 5.46. The zero-order valence-corrected chi connectivity index (χ0v) is 13.2. The molecular formula is C14H14O5S2. The lowest BCUT2D eigenvalue weighted by Crippen LogP contribution is -2.05. The van der Waals surface area contributed by atoms with Crippen molar-refractivity contribution in [1.82, 2.24) is 0 Å². The lowest BCUT2D eigenvalue weighted by Gasteiger charge is -2.15. The Labute approximate surface area is 127 Å². The topological polar surface area (TPSA) is 72.8 Å². The molecule has 0 unspecified atom stereocenters. The number of thioether (sulfide) groups is 1. The molecule has 0 saturated heterocycles. The molecule has 0 spiro atoms. The Morgan fingerprint density at radius 3 is 2.33 bits per heavy atom. The van der Waals surface area contributed by atoms with Crippen LogP contribution in [0.15, 0.2) is 23.1 Å². The molecule has 112 valence electrons. The molecule has 0 aliphatic carbocycles. The maximum Gasteiger partial charge on any atom is 0.301 e. The van der Waals surface area contributed by atoms with Gasteiger partial charge in [0, 0.05) is 16.9 Å². The molecule has 0 atom stereocenters. The van der Waals surface area contributed by atoms with Crippen molar-refractivity contribution in [1.29, 1.82) is 0 Å². The number of methoxy groups -OCH3 is 2. The van der Waals surface area contributed by atoms with Crippen molar-refractivity contribution in [2.75, 3.05) is 14.2 Å². The summed E-state index contributed by atoms with van der Waals surface area (Å²) in [6, 6.07) is 5.56. The van der Waals surface area contributed by atoms with Gasteiger partial charge in [-0.15, -0.1) is 0 Å². The second kappa shape index (κ2) is 5.08. The van der Waals surface area contributed by atoms with Gasteiger partial charge in [0.2, 0.25) is 0 Å². The molecule has 0 aromatic heterocycles. The predicted molar refractivity (Wildman–Crippen MR) is 81.9 cm³/mol. The molecule has 3 rings (SSSR count). The molecule has 1 heterocycles. The van der Waals surface area contributed by atoms with E-state index >= 15 is 0 Å². The number of hydrogen-bond donors (Lipinski definition) is 1. The summed E-state index contributed by atoms with van der Waals surface area (Å²) >= 11 is 1.81. The van der Waals surface area contributed by atoms with Crippen LogP contribution in [-0.4, -0.2) is 27.2 Å². The summed E-state index contributed by atoms with van der Waals surface area (Å²) in [7, 11) is -1.71. The first kappa shape index (κ1) is 14.5. The molecule has 0 fully saturated rings. The lowest BCUT2D eigenvalue weighted by molar-refractivity contribution is 0.371. The molecule has 21 heavy (non-hydrogen) atoms. The second-order valence-electron chi connectivity index (χ2n) is 4.75. The van der Waals surface area contributed by atoms with Crippen LogP contribution >= 0.6 is 11.8 Å². The van der Waals surface area contributed by atoms with E-state index in [4.69, 9.17) is 9.47 Å². The fraction of sp³-hybridized carbons (Fsp3) is 0.286. The third kappa shape index (κ3) is 2.35. The highest BCUT2D eigenvalue weighted by molar-refractivity contribution is 7.98. The van der Waals surface area contributed by atoms with Crippen molar-refractivity contribution in [2.24, 2.45) is 0 Å². The van der Waals surface area contributed by atoms with Crippen molar-refractivity contribution in [3.63, 3.8) is 0 Å². The van der Waals surface area contributed by atoms with Gasteiger partial charge in [0.1, 0.15) is 5.75 Å². The van der Waals surface area contributed by atoms with Gasteiger partial charge >= 0.3 is 10.1 Å². The van der Waals surface area contributed by atoms with E-state index in [0.717, 1.165) is 22.5 Å². The minimum atomic E-state index is -4.45. The van der Waals surface area contributed by atoms with Gasteiger partial charge in [-0.25, -0.2) is 0 Å². The summed E-state index contributed by atoms with van der Waals surface area (Å²) in [5.41, 5.74) is 2.40. The number of hydrogen-bond acceptors (Lipinski definition) is 5. The van der Waals surface area contributed by atoms with Gasteiger partial charge in [-0.2, -0.15) is 20.2 Å². The van der Waals surface area contributed by atoms with Gasteiger partial charge in [-0.3, -0.25) is 4.55 Å². The van der Waals surface area contributed by atoms with E-state index in [1.54, 1.807) is 17.8 Å². The van der Waals surface area contributed by atoms with Crippen molar-refractivity contribution >= 4 is 32.7 Å². The first-order valence-corrected chi connectivity index (χ1v) is 8.81. The highest BCUT2D eigenvalue weighted by atomic mass is 32.2. The Bertz CT molecular complexity index is 827. The average Bonchev–Trinajstić information content (AvgIpc) is 2.88. The molecule has 7 heteroatoms. The highest BCUT2D eigenvalue weighted by Crippen LogP contribution is 2.43. The van der Waals surface area contributed by atoms with Gasteiger partial charge < -0.3 is 9.47 Å². The third-order valence-electron chi connectivity index (χ3n) is 3.53. The minimum absolute atomic E-state index is 0.0763. The zero-order valence-electron chi connectivity index (χ0n) is 11.5. The first-order valence-electron chi connectivity index (χ1n) is 6.21. The van der Waals surface area contributed by atoms with Crippen molar-refractivity contribution in [3.05, 3.63) is 29.3 Å². The Morgan fingerprint density at radius 1 is 1.10 bits per heavy atom. The number of ether oxygens (including phenoxy) is 2. The van der Waals surface area contributed by atoms with E-state index in [0.29, 0.717) is 5.39 Å². The Balaban J connectivity index is 2.44. The molecule has 5 nitrogen and oxygen atoms in total. The molecule has 0 amide bonds. The zero-order chi connectivity index (χ0) is 15.2. The smallest absolute Gasteiger partial charge is 0.301 e. The van der Waals surface area contributed by atoms with Crippen LogP contribution in [0.25, 0.3) is 10.8 Å². The summed E-state index contributed by atoms with van der Waals surface area (Å²) in [6.07, 6.45) is 0. The largest absolute Gasteiger partial charge is 0.495 e. The van der Waals surface area contributed by atoms with Gasteiger partial charge in [-0.05, 0) is 34.7 Å². The maximum absolute atomic E-state index is 11.7. The predicted octanol–water partition coefficient (Wildman–Crippen LogP) is 2.85. The van der Waals surface area contributed by atoms with Crippen LogP contribution in [0.1, 0.15) is 11.1 Å². The monoisotopic (exact) mass is 326 g/mol. The van der Waals surface area contributed by atoms with Crippen LogP contribution in [0.4, 0.5) is 0 Å². The summed E-state index contributed by atoms with van der Waals surface area (Å²) in [4.78, 5) is -0.328. The SMILES string of the molecule is COc1cc2cc3c(cc2c(OC)c1S(=O)(=O)O)CSC3. The van der Waals surface area contributed by atoms with Gasteiger partial charge in [0.15, 0.2) is 10.6 Å². The van der Waals surface area contributed by atoms with E-state index in [9.17, 15) is 13.0 Å². The summed E-state index contributed by atoms with van der Waals surface area (Å²) in [5.74, 6) is 2.02. The molecular weight excluding hydrogens is 312 g/mol. The minimum Gasteiger partial charge on any atom is -0.495 e. The Morgan fingerprint density at radius 2 is 1.76 bits per heavy atom. The lowest BCUT2D eigenvalue weighted by atomic mass is 10.0. The van der Waals surface area contributed by atoms with Gasteiger partial charge in [0.25, 0.3) is 0 Å². The van der Waals surface area contributed by atoms with Crippen molar-refractivity contribution < 1.29 is 22.4 Å². The molecule has 0 radical (unpaired) electrons. The molecule has 1 aliphatic rings. The van der Waals surface area contributed by atoms with Crippen LogP contribution in [0.5, 0.6) is 11.5 Å². The van der Waals surface area contributed by atoms with Gasteiger partial charge in [0.05, 0.1) is 14.2 Å². The molecule has 2 aromatic carbocycles. The van der Waals surface area contributed by atoms with E-state index in [1.165, 1.54) is 19.8 Å². The summed E-state index contributed by atoms with van der Waals surface area (Å²) in [6.45, 7) is 0. The molecule has 2 aromatic rings. The fourth-order valence-electron chi connectivity index (χ4n) is 2.60. The number of benzene rings is 2. The number of rotatable bonds is 3. The van der Waals surface area contributed by atoms with Crippen LogP contribution < -0.4 is 9.47 Å². The average molecular weight is 326 g/mol. The van der Waals surface area contributed by atoms with Crippen LogP contribution in [0, 0.1) is 0 Å². The van der Waals surface area contributed by atoms with Crippen molar-refractivity contribution in [3.8, 4) is 11.5 Å². The first-order chi connectivity index (χ1) is 9.95. The number of fused-ring (bicyclic) bond motifs is 2. The van der Waals surface area contributed by atoms with Crippen LogP contribution in [0.2, 0.25) is 0 Å². The van der Waals surface area contributed by atoms with E-state index in [2.05, 4.69) is 0 Å². The summed E-state index contributed by atoms with van der Waals surface area (Å²) in [5, 5.41) is 1.49. The quantitative estimate of drug-likeness (QED) is 0.875. The van der Waals surface area contributed by atoms with Crippen LogP contribution in [-0.2, 0) is 21.6 Å². The highest BCUT2D eigenvalue weighted by Gasteiger charge is 2.26. The second-order valence-corrected chi connectivity index (χ2v) is 7.10. The van der Waals surface area contributed by atoms with E-state index in [-0.39, 0.29) is 16.4 Å². The molecule has 0 saturated carbocycles. The van der Waals surface area contributed by atoms with Gasteiger partial charge in [-0.1, -0.05) is 0 Å².